The van der Waals surface area contributed by atoms with Crippen molar-refractivity contribution in [2.24, 2.45) is 0 Å². The molecule has 0 aromatic rings. The van der Waals surface area contributed by atoms with Gasteiger partial charge in [0.2, 0.25) is 0 Å². The van der Waals surface area contributed by atoms with Gasteiger partial charge in [-0.1, -0.05) is 129 Å². The molecule has 0 N–H and O–H groups in total. The number of unbranched alkanes of at least 4 members (excludes halogenated alkanes) is 13. The molecule has 0 atom stereocenters. The lowest BCUT2D eigenvalue weighted by molar-refractivity contribution is 0.0788. The van der Waals surface area contributed by atoms with Crippen LogP contribution in [0.2, 0.25) is 0 Å². The fraction of sp³-hybridized carbons (Fsp3) is 1.00. The lowest BCUT2D eigenvalue weighted by atomic mass is 9.88. The van der Waals surface area contributed by atoms with Crippen molar-refractivity contribution >= 4 is 0 Å². The SMILES string of the molecule is CCCCCCCCCCCCCCCCN(C1CCCCC1)C1CCCCC1. The van der Waals surface area contributed by atoms with E-state index >= 15 is 0 Å². The summed E-state index contributed by atoms with van der Waals surface area (Å²) in [7, 11) is 0. The Morgan fingerprint density at radius 3 is 1.17 bits per heavy atom. The standard InChI is InChI=1S/C28H55N/c1-2-3-4-5-6-7-8-9-10-11-12-13-14-21-26-29(27-22-17-15-18-23-27)28-24-19-16-20-25-28/h27-28H,2-26H2,1H3. The molecule has 0 amide bonds. The number of nitrogens with zero attached hydrogens (tertiary/aromatic N) is 1. The van der Waals surface area contributed by atoms with E-state index in [0.29, 0.717) is 0 Å². The molecule has 2 fully saturated rings. The van der Waals surface area contributed by atoms with Gasteiger partial charge < -0.3 is 0 Å². The maximum atomic E-state index is 3.01. The van der Waals surface area contributed by atoms with Crippen molar-refractivity contribution in [3.05, 3.63) is 0 Å². The second-order valence-corrected chi connectivity index (χ2v) is 10.4. The zero-order valence-corrected chi connectivity index (χ0v) is 20.3. The first kappa shape index (κ1) is 25.2. The highest BCUT2D eigenvalue weighted by atomic mass is 15.2. The van der Waals surface area contributed by atoms with Crippen LogP contribution in [0, 0.1) is 0 Å². The van der Waals surface area contributed by atoms with Crippen LogP contribution in [0.3, 0.4) is 0 Å². The fourth-order valence-corrected chi connectivity index (χ4v) is 5.98. The number of rotatable bonds is 17. The van der Waals surface area contributed by atoms with Gasteiger partial charge in [-0.05, 0) is 38.6 Å². The Morgan fingerprint density at radius 1 is 0.448 bits per heavy atom. The summed E-state index contributed by atoms with van der Waals surface area (Å²) < 4.78 is 0. The van der Waals surface area contributed by atoms with Gasteiger partial charge in [0, 0.05) is 12.1 Å². The van der Waals surface area contributed by atoms with Gasteiger partial charge >= 0.3 is 0 Å². The quantitative estimate of drug-likeness (QED) is 0.218. The van der Waals surface area contributed by atoms with Crippen molar-refractivity contribution in [1.82, 2.24) is 4.90 Å². The Balaban J connectivity index is 1.45. The van der Waals surface area contributed by atoms with E-state index in [-0.39, 0.29) is 0 Å². The zero-order chi connectivity index (χ0) is 20.4. The van der Waals surface area contributed by atoms with Crippen molar-refractivity contribution in [2.75, 3.05) is 6.54 Å². The molecule has 0 aliphatic heterocycles. The van der Waals surface area contributed by atoms with Crippen LogP contribution in [0.15, 0.2) is 0 Å². The summed E-state index contributed by atoms with van der Waals surface area (Å²) in [5.74, 6) is 0. The molecule has 0 bridgehead atoms. The lowest BCUT2D eigenvalue weighted by Gasteiger charge is -2.41. The van der Waals surface area contributed by atoms with E-state index in [2.05, 4.69) is 11.8 Å². The molecule has 0 spiro atoms. The molecule has 0 unspecified atom stereocenters. The minimum absolute atomic E-state index is 0.939. The summed E-state index contributed by atoms with van der Waals surface area (Å²) in [5, 5.41) is 0. The molecule has 172 valence electrons. The number of hydrogen-bond acceptors (Lipinski definition) is 1. The minimum atomic E-state index is 0.939. The van der Waals surface area contributed by atoms with E-state index < -0.39 is 0 Å². The van der Waals surface area contributed by atoms with Crippen molar-refractivity contribution in [2.45, 2.75) is 173 Å². The lowest BCUT2D eigenvalue weighted by Crippen LogP contribution is -2.45. The van der Waals surface area contributed by atoms with Crippen molar-refractivity contribution < 1.29 is 0 Å². The smallest absolute Gasteiger partial charge is 0.00981 e. The fourth-order valence-electron chi connectivity index (χ4n) is 5.98. The minimum Gasteiger partial charge on any atom is -0.297 e. The van der Waals surface area contributed by atoms with Crippen LogP contribution in [0.1, 0.15) is 161 Å². The molecule has 2 aliphatic carbocycles. The Kier molecular flexibility index (Phi) is 15.3. The van der Waals surface area contributed by atoms with Gasteiger partial charge in [-0.3, -0.25) is 4.90 Å². The van der Waals surface area contributed by atoms with Crippen LogP contribution in [-0.2, 0) is 0 Å². The van der Waals surface area contributed by atoms with E-state index in [0.717, 1.165) is 12.1 Å². The van der Waals surface area contributed by atoms with Gasteiger partial charge in [-0.15, -0.1) is 0 Å². The van der Waals surface area contributed by atoms with E-state index in [1.807, 2.05) is 0 Å². The van der Waals surface area contributed by atoms with Crippen LogP contribution in [-0.4, -0.2) is 23.5 Å². The summed E-state index contributed by atoms with van der Waals surface area (Å²) in [6, 6.07) is 1.88. The number of hydrogen-bond donors (Lipinski definition) is 0. The van der Waals surface area contributed by atoms with Gasteiger partial charge in [-0.25, -0.2) is 0 Å². The Bertz CT molecular complexity index is 322. The molecule has 0 aromatic carbocycles. The molecular weight excluding hydrogens is 350 g/mol. The van der Waals surface area contributed by atoms with Crippen molar-refractivity contribution in [1.29, 1.82) is 0 Å². The average molecular weight is 406 g/mol. The topological polar surface area (TPSA) is 3.24 Å². The van der Waals surface area contributed by atoms with Gasteiger partial charge in [-0.2, -0.15) is 0 Å². The molecule has 29 heavy (non-hydrogen) atoms. The third-order valence-corrected chi connectivity index (χ3v) is 7.86. The Morgan fingerprint density at radius 2 is 0.793 bits per heavy atom. The molecule has 1 nitrogen and oxygen atoms in total. The van der Waals surface area contributed by atoms with E-state index in [9.17, 15) is 0 Å². The van der Waals surface area contributed by atoms with Crippen molar-refractivity contribution in [3.8, 4) is 0 Å². The summed E-state index contributed by atoms with van der Waals surface area (Å²) in [6.45, 7) is 3.72. The highest BCUT2D eigenvalue weighted by Gasteiger charge is 2.28. The van der Waals surface area contributed by atoms with Crippen LogP contribution in [0.5, 0.6) is 0 Å². The summed E-state index contributed by atoms with van der Waals surface area (Å²) >= 11 is 0. The zero-order valence-electron chi connectivity index (χ0n) is 20.3. The summed E-state index contributed by atoms with van der Waals surface area (Å²) in [6.07, 6.45) is 35.6. The predicted molar refractivity (Wildman–Crippen MR) is 131 cm³/mol. The monoisotopic (exact) mass is 405 g/mol. The first-order valence-corrected chi connectivity index (χ1v) is 14.2. The maximum absolute atomic E-state index is 3.01. The van der Waals surface area contributed by atoms with Gasteiger partial charge in [0.25, 0.3) is 0 Å². The van der Waals surface area contributed by atoms with E-state index in [4.69, 9.17) is 0 Å². The van der Waals surface area contributed by atoms with Crippen LogP contribution < -0.4 is 0 Å². The maximum Gasteiger partial charge on any atom is 0.00981 e. The molecule has 2 saturated carbocycles. The molecule has 0 radical (unpaired) electrons. The molecule has 2 aliphatic rings. The van der Waals surface area contributed by atoms with E-state index in [1.165, 1.54) is 161 Å². The molecule has 1 heteroatoms. The Hall–Kier alpha value is -0.0400. The first-order chi connectivity index (χ1) is 14.4. The second kappa shape index (κ2) is 17.6. The highest BCUT2D eigenvalue weighted by molar-refractivity contribution is 4.83. The summed E-state index contributed by atoms with van der Waals surface area (Å²) in [4.78, 5) is 3.01. The van der Waals surface area contributed by atoms with E-state index in [1.54, 1.807) is 0 Å². The van der Waals surface area contributed by atoms with Crippen LogP contribution >= 0.6 is 0 Å². The molecular formula is C28H55N. The molecule has 0 aromatic heterocycles. The normalized spacial score (nSPS) is 19.2. The molecule has 2 rings (SSSR count). The van der Waals surface area contributed by atoms with Crippen molar-refractivity contribution in [3.63, 3.8) is 0 Å². The van der Waals surface area contributed by atoms with Crippen LogP contribution in [0.25, 0.3) is 0 Å². The highest BCUT2D eigenvalue weighted by Crippen LogP contribution is 2.30. The first-order valence-electron chi connectivity index (χ1n) is 14.2. The Labute approximate surface area is 184 Å². The summed E-state index contributed by atoms with van der Waals surface area (Å²) in [5.41, 5.74) is 0. The van der Waals surface area contributed by atoms with Gasteiger partial charge in [0.15, 0.2) is 0 Å². The predicted octanol–water partition coefficient (Wildman–Crippen LogP) is 9.44. The molecule has 0 heterocycles. The van der Waals surface area contributed by atoms with Crippen LogP contribution in [0.4, 0.5) is 0 Å². The van der Waals surface area contributed by atoms with Gasteiger partial charge in [0.05, 0.1) is 0 Å². The largest absolute Gasteiger partial charge is 0.297 e. The van der Waals surface area contributed by atoms with Gasteiger partial charge in [0.1, 0.15) is 0 Å². The second-order valence-electron chi connectivity index (χ2n) is 10.4. The third kappa shape index (κ3) is 11.8. The average Bonchev–Trinajstić information content (AvgIpc) is 2.78. The molecule has 0 saturated heterocycles. The third-order valence-electron chi connectivity index (χ3n) is 7.86.